The van der Waals surface area contributed by atoms with Crippen LogP contribution in [0, 0.1) is 6.92 Å². The van der Waals surface area contributed by atoms with Gasteiger partial charge in [0.15, 0.2) is 0 Å². The van der Waals surface area contributed by atoms with Gasteiger partial charge in [-0.25, -0.2) is 0 Å². The van der Waals surface area contributed by atoms with Crippen LogP contribution in [-0.4, -0.2) is 0 Å². The van der Waals surface area contributed by atoms with Gasteiger partial charge in [-0.3, -0.25) is 0 Å². The highest BCUT2D eigenvalue weighted by Gasteiger charge is 2.43. The maximum Gasteiger partial charge on any atom is -0.000568 e. The molecule has 0 nitrogen and oxygen atoms in total. The Morgan fingerprint density at radius 3 is 1.35 bits per heavy atom. The third-order valence-corrected chi connectivity index (χ3v) is 7.74. The molecular weight excluding hydrogens is 372 g/mol. The van der Waals surface area contributed by atoms with Gasteiger partial charge in [0.25, 0.3) is 0 Å². The van der Waals surface area contributed by atoms with Gasteiger partial charge in [0, 0.05) is 0 Å². The van der Waals surface area contributed by atoms with Gasteiger partial charge in [-0.05, 0) is 62.3 Å². The smallest absolute Gasteiger partial charge is 0.000568 e. The lowest BCUT2D eigenvalue weighted by Crippen LogP contribution is -2.41. The van der Waals surface area contributed by atoms with E-state index in [0.29, 0.717) is 0 Å². The van der Waals surface area contributed by atoms with E-state index in [0.717, 1.165) is 0 Å². The second-order valence-electron chi connectivity index (χ2n) is 9.94. The Kier molecular flexibility index (Phi) is 4.45. The van der Waals surface area contributed by atoms with Crippen LogP contribution >= 0.6 is 0 Å². The lowest BCUT2D eigenvalue weighted by atomic mass is 9.58. The number of rotatable bonds is 0. The van der Waals surface area contributed by atoms with Crippen molar-refractivity contribution in [2.24, 2.45) is 0 Å². The van der Waals surface area contributed by atoms with Crippen molar-refractivity contribution < 1.29 is 0 Å². The highest BCUT2D eigenvalue weighted by molar-refractivity contribution is 5.94. The first-order valence-electron chi connectivity index (χ1n) is 11.2. The summed E-state index contributed by atoms with van der Waals surface area (Å²) in [6, 6.07) is 33.8. The average molecular weight is 403 g/mol. The molecule has 0 atom stereocenters. The molecule has 0 aliphatic heterocycles. The van der Waals surface area contributed by atoms with Crippen LogP contribution < -0.4 is 0 Å². The summed E-state index contributed by atoms with van der Waals surface area (Å²) in [5.41, 5.74) is 11.9. The van der Waals surface area contributed by atoms with Crippen LogP contribution in [0.3, 0.4) is 0 Å². The monoisotopic (exact) mass is 402 g/mol. The van der Waals surface area contributed by atoms with E-state index >= 15 is 0 Å². The Labute approximate surface area is 186 Å². The van der Waals surface area contributed by atoms with E-state index in [-0.39, 0.29) is 10.8 Å². The van der Waals surface area contributed by atoms with E-state index in [2.05, 4.69) is 126 Å². The number of benzene rings is 4. The van der Waals surface area contributed by atoms with E-state index in [9.17, 15) is 0 Å². The number of hydrogen-bond donors (Lipinski definition) is 0. The summed E-state index contributed by atoms with van der Waals surface area (Å²) in [5, 5.41) is 0. The van der Waals surface area contributed by atoms with Gasteiger partial charge in [-0.15, -0.1) is 0 Å². The number of hydrogen-bond acceptors (Lipinski definition) is 0. The maximum atomic E-state index is 2.41. The van der Waals surface area contributed by atoms with Crippen molar-refractivity contribution in [2.75, 3.05) is 0 Å². The molecule has 0 fully saturated rings. The van der Waals surface area contributed by atoms with Crippen molar-refractivity contribution in [3.05, 3.63) is 108 Å². The fourth-order valence-corrected chi connectivity index (χ4v) is 5.27. The van der Waals surface area contributed by atoms with Gasteiger partial charge in [-0.2, -0.15) is 0 Å². The van der Waals surface area contributed by atoms with Gasteiger partial charge in [0.1, 0.15) is 0 Å². The van der Waals surface area contributed by atoms with Gasteiger partial charge in [0.05, 0.1) is 0 Å². The lowest BCUT2D eigenvalue weighted by molar-refractivity contribution is 0.304. The van der Waals surface area contributed by atoms with E-state index in [1.807, 2.05) is 0 Å². The summed E-state index contributed by atoms with van der Waals surface area (Å²) < 4.78 is 0. The lowest BCUT2D eigenvalue weighted by Gasteiger charge is -2.45. The summed E-state index contributed by atoms with van der Waals surface area (Å²) in [5.74, 6) is 0. The fourth-order valence-electron chi connectivity index (χ4n) is 5.27. The van der Waals surface area contributed by atoms with E-state index in [1.165, 1.54) is 50.1 Å². The van der Waals surface area contributed by atoms with Gasteiger partial charge < -0.3 is 0 Å². The summed E-state index contributed by atoms with van der Waals surface area (Å²) >= 11 is 0. The molecule has 5 rings (SSSR count). The third-order valence-electron chi connectivity index (χ3n) is 7.74. The molecule has 0 radical (unpaired) electrons. The minimum absolute atomic E-state index is 0.0753. The normalized spacial score (nSPS) is 15.8. The van der Waals surface area contributed by atoms with Crippen molar-refractivity contribution in [3.63, 3.8) is 0 Å². The quantitative estimate of drug-likeness (QED) is 0.276. The molecule has 0 N–H and O–H groups in total. The Morgan fingerprint density at radius 2 is 0.806 bits per heavy atom. The van der Waals surface area contributed by atoms with Crippen LogP contribution in [0.1, 0.15) is 44.4 Å². The number of aryl methyl sites for hydroxylation is 1. The van der Waals surface area contributed by atoms with Gasteiger partial charge >= 0.3 is 0 Å². The van der Waals surface area contributed by atoms with E-state index in [4.69, 9.17) is 0 Å². The maximum absolute atomic E-state index is 2.41. The molecule has 0 heteroatoms. The Bertz CT molecular complexity index is 1290. The molecule has 0 spiro atoms. The SMILES string of the molecule is Cc1ccc2c(c1)-c1ccccc1C(C)(C)C(C)(C)c1ccccc1-c1ccccc1-2. The van der Waals surface area contributed by atoms with Crippen LogP contribution in [0.4, 0.5) is 0 Å². The van der Waals surface area contributed by atoms with Crippen molar-refractivity contribution in [1.29, 1.82) is 0 Å². The molecule has 154 valence electrons. The van der Waals surface area contributed by atoms with Crippen molar-refractivity contribution in [3.8, 4) is 33.4 Å². The second-order valence-corrected chi connectivity index (χ2v) is 9.94. The first-order valence-corrected chi connectivity index (χ1v) is 11.2. The van der Waals surface area contributed by atoms with E-state index in [1.54, 1.807) is 0 Å². The van der Waals surface area contributed by atoms with Crippen LogP contribution in [0.25, 0.3) is 33.4 Å². The molecule has 0 saturated heterocycles. The fraction of sp³-hybridized carbons (Fsp3) is 0.226. The molecule has 4 aromatic carbocycles. The van der Waals surface area contributed by atoms with Crippen LogP contribution in [0.2, 0.25) is 0 Å². The summed E-state index contributed by atoms with van der Waals surface area (Å²) in [4.78, 5) is 0. The average Bonchev–Trinajstić information content (AvgIpc) is 2.78. The molecule has 0 unspecified atom stereocenters. The van der Waals surface area contributed by atoms with E-state index < -0.39 is 0 Å². The zero-order valence-electron chi connectivity index (χ0n) is 19.2. The molecule has 0 aromatic heterocycles. The zero-order chi connectivity index (χ0) is 21.8. The minimum atomic E-state index is -0.0764. The molecule has 0 amide bonds. The molecule has 0 heterocycles. The topological polar surface area (TPSA) is 0 Å². The van der Waals surface area contributed by atoms with Crippen LogP contribution in [0.5, 0.6) is 0 Å². The van der Waals surface area contributed by atoms with Gasteiger partial charge in [0.2, 0.25) is 0 Å². The highest BCUT2D eigenvalue weighted by Crippen LogP contribution is 2.52. The molecule has 0 bridgehead atoms. The summed E-state index contributed by atoms with van der Waals surface area (Å²) in [6.45, 7) is 11.8. The molecule has 31 heavy (non-hydrogen) atoms. The summed E-state index contributed by atoms with van der Waals surface area (Å²) in [6.07, 6.45) is 0. The van der Waals surface area contributed by atoms with Crippen LogP contribution in [0.15, 0.2) is 91.0 Å². The predicted molar refractivity (Wildman–Crippen MR) is 134 cm³/mol. The molecule has 4 aromatic rings. The third kappa shape index (κ3) is 2.89. The molecular formula is C31H30. The first kappa shape index (κ1) is 19.8. The van der Waals surface area contributed by atoms with Crippen LogP contribution in [-0.2, 0) is 10.8 Å². The largest absolute Gasteiger partial charge is 0.0619 e. The summed E-state index contributed by atoms with van der Waals surface area (Å²) in [7, 11) is 0. The molecule has 1 aliphatic carbocycles. The molecule has 1 aliphatic rings. The van der Waals surface area contributed by atoms with Crippen molar-refractivity contribution >= 4 is 0 Å². The predicted octanol–water partition coefficient (Wildman–Crippen LogP) is 8.56. The minimum Gasteiger partial charge on any atom is -0.0619 e. The highest BCUT2D eigenvalue weighted by atomic mass is 14.5. The standard InChI is InChI=1S/C31H30/c1-21-18-19-24-22-12-6-7-13-23(22)25-14-8-10-16-28(25)30(2,3)31(4,5)29-17-11-9-15-26(29)27(24)20-21/h6-20H,1-5H3. The Morgan fingerprint density at radius 1 is 0.419 bits per heavy atom. The zero-order valence-corrected chi connectivity index (χ0v) is 19.2. The Hall–Kier alpha value is -3.12. The van der Waals surface area contributed by atoms with Crippen molar-refractivity contribution in [1.82, 2.24) is 0 Å². The second kappa shape index (κ2) is 6.95. The van der Waals surface area contributed by atoms with Crippen molar-refractivity contribution in [2.45, 2.75) is 45.4 Å². The van der Waals surface area contributed by atoms with Gasteiger partial charge in [-0.1, -0.05) is 124 Å². The first-order chi connectivity index (χ1) is 14.8. The Balaban J connectivity index is 2.02. The number of fused-ring (bicyclic) bond motifs is 7. The molecule has 0 saturated carbocycles.